The summed E-state index contributed by atoms with van der Waals surface area (Å²) in [5.41, 5.74) is 2.42. The zero-order chi connectivity index (χ0) is 20.3. The van der Waals surface area contributed by atoms with E-state index in [1.54, 1.807) is 0 Å². The van der Waals surface area contributed by atoms with Gasteiger partial charge >= 0.3 is 0 Å². The van der Waals surface area contributed by atoms with E-state index in [1.165, 1.54) is 28.1 Å². The van der Waals surface area contributed by atoms with E-state index in [1.807, 2.05) is 0 Å². The molecule has 0 saturated heterocycles. The van der Waals surface area contributed by atoms with E-state index in [0.717, 1.165) is 5.69 Å². The number of aromatic nitrogens is 2. The third-order valence-electron chi connectivity index (χ3n) is 5.51. The van der Waals surface area contributed by atoms with Gasteiger partial charge in [0.1, 0.15) is 0 Å². The topological polar surface area (TPSA) is 17.8 Å². The lowest BCUT2D eigenvalue weighted by Gasteiger charge is -2.32. The zero-order valence-corrected chi connectivity index (χ0v) is 17.8. The quantitative estimate of drug-likeness (QED) is 0.523. The minimum atomic E-state index is -0.623. The van der Waals surface area contributed by atoms with Crippen LogP contribution in [0.4, 0.5) is 0 Å². The largest absolute Gasteiger partial charge is 0.269 e. The summed E-state index contributed by atoms with van der Waals surface area (Å²) in [6.07, 6.45) is 17.1. The summed E-state index contributed by atoms with van der Waals surface area (Å²) in [7, 11) is -0.623. The molecule has 0 unspecified atom stereocenters. The second kappa shape index (κ2) is 9.06. The van der Waals surface area contributed by atoms with Gasteiger partial charge < -0.3 is 0 Å². The van der Waals surface area contributed by atoms with Gasteiger partial charge in [-0.25, -0.2) is 0 Å². The molecule has 5 rings (SSSR count). The monoisotopic (exact) mass is 406 g/mol. The molecule has 0 spiro atoms. The van der Waals surface area contributed by atoms with Crippen molar-refractivity contribution in [3.63, 3.8) is 0 Å². The second-order valence-corrected chi connectivity index (χ2v) is 9.59. The molecule has 3 aromatic rings. The molecule has 0 amide bonds. The van der Waals surface area contributed by atoms with E-state index in [9.17, 15) is 0 Å². The van der Waals surface area contributed by atoms with Gasteiger partial charge in [0.2, 0.25) is 0 Å². The number of rotatable bonds is 6. The Balaban J connectivity index is 1.44. The molecule has 1 atom stereocenters. The summed E-state index contributed by atoms with van der Waals surface area (Å²) < 4.78 is 2.09. The fourth-order valence-corrected chi connectivity index (χ4v) is 6.51. The number of nitrogens with zero attached hydrogens (tertiary/aromatic N) is 2. The van der Waals surface area contributed by atoms with Gasteiger partial charge in [-0.1, -0.05) is 60.7 Å². The Morgan fingerprint density at radius 3 is 2.00 bits per heavy atom. The number of hydrogen-bond donors (Lipinski definition) is 0. The minimum Gasteiger partial charge on any atom is -0.269 e. The summed E-state index contributed by atoms with van der Waals surface area (Å²) >= 11 is 0. The van der Waals surface area contributed by atoms with Crippen molar-refractivity contribution in [2.24, 2.45) is 0 Å². The second-order valence-electron chi connectivity index (χ2n) is 7.40. The van der Waals surface area contributed by atoms with Crippen LogP contribution in [0.3, 0.4) is 0 Å². The Morgan fingerprint density at radius 1 is 0.733 bits per heavy atom. The Labute approximate surface area is 182 Å². The van der Waals surface area contributed by atoms with Crippen molar-refractivity contribution in [2.45, 2.75) is 13.0 Å². The van der Waals surface area contributed by atoms with Crippen LogP contribution in [0.2, 0.25) is 0 Å². The molecule has 0 N–H and O–H groups in total. The SMILES string of the molecule is C[C@H]([C]1[CH][CH][CH][C]1P(c1ccccc1)c1ccccc1)n1ccc([C]2[CH][CH][CH][CH]2)n1. The van der Waals surface area contributed by atoms with E-state index in [4.69, 9.17) is 5.10 Å². The maximum atomic E-state index is 4.88. The number of benzene rings is 2. The first kappa shape index (κ1) is 20.0. The summed E-state index contributed by atoms with van der Waals surface area (Å²) in [6.45, 7) is 2.24. The highest BCUT2D eigenvalue weighted by Crippen LogP contribution is 2.58. The zero-order valence-electron chi connectivity index (χ0n) is 16.9. The molecule has 2 saturated carbocycles. The van der Waals surface area contributed by atoms with Crippen LogP contribution >= 0.6 is 7.92 Å². The lowest BCUT2D eigenvalue weighted by Crippen LogP contribution is -2.24. The van der Waals surface area contributed by atoms with Gasteiger partial charge in [-0.05, 0) is 76.5 Å². The molecule has 2 aromatic carbocycles. The van der Waals surface area contributed by atoms with E-state index >= 15 is 0 Å². The molecule has 0 bridgehead atoms. The van der Waals surface area contributed by atoms with Crippen LogP contribution in [0.15, 0.2) is 72.9 Å². The molecule has 1 aromatic heterocycles. The third kappa shape index (κ3) is 4.00. The Morgan fingerprint density at radius 2 is 1.37 bits per heavy atom. The van der Waals surface area contributed by atoms with Gasteiger partial charge in [0.15, 0.2) is 0 Å². The molecule has 146 valence electrons. The maximum absolute atomic E-state index is 4.88. The molecular weight excluding hydrogens is 383 g/mol. The predicted octanol–water partition coefficient (Wildman–Crippen LogP) is 5.06. The summed E-state index contributed by atoms with van der Waals surface area (Å²) in [5.74, 6) is 2.51. The van der Waals surface area contributed by atoms with Crippen molar-refractivity contribution in [1.82, 2.24) is 9.78 Å². The van der Waals surface area contributed by atoms with Crippen molar-refractivity contribution >= 4 is 18.5 Å². The highest BCUT2D eigenvalue weighted by molar-refractivity contribution is 7.76. The summed E-state index contributed by atoms with van der Waals surface area (Å²) in [6, 6.07) is 24.0. The highest BCUT2D eigenvalue weighted by Gasteiger charge is 2.40. The van der Waals surface area contributed by atoms with Crippen molar-refractivity contribution < 1.29 is 0 Å². The molecule has 2 fully saturated rings. The molecule has 30 heavy (non-hydrogen) atoms. The highest BCUT2D eigenvalue weighted by atomic mass is 31.1. The third-order valence-corrected chi connectivity index (χ3v) is 8.03. The van der Waals surface area contributed by atoms with Crippen LogP contribution in [0.5, 0.6) is 0 Å². The minimum absolute atomic E-state index is 0.163. The lowest BCUT2D eigenvalue weighted by molar-refractivity contribution is 0.520. The predicted molar refractivity (Wildman–Crippen MR) is 125 cm³/mol. The van der Waals surface area contributed by atoms with E-state index in [-0.39, 0.29) is 6.04 Å². The van der Waals surface area contributed by atoms with E-state index in [2.05, 4.69) is 129 Å². The Bertz CT molecular complexity index is 890. The standard InChI is InChI=1S/C27H23N2P/c1-21(29-20-19-26(28-29)22-11-8-9-12-22)25-17-10-18-27(25)30(23-13-4-2-5-14-23)24-15-6-3-7-16-24/h2-21H,1H3/t21-/m1/s1. The first-order valence-electron chi connectivity index (χ1n) is 10.2. The van der Waals surface area contributed by atoms with Gasteiger partial charge in [0.25, 0.3) is 0 Å². The van der Waals surface area contributed by atoms with Crippen LogP contribution in [-0.2, 0) is 0 Å². The van der Waals surface area contributed by atoms with E-state index in [0.29, 0.717) is 0 Å². The Kier molecular flexibility index (Phi) is 6.05. The Hall–Kier alpha value is -1.92. The maximum Gasteiger partial charge on any atom is 0.0702 e. The summed E-state index contributed by atoms with van der Waals surface area (Å²) in [4.78, 5) is 0. The van der Waals surface area contributed by atoms with Gasteiger partial charge in [-0.2, -0.15) is 5.10 Å². The lowest BCUT2D eigenvalue weighted by atomic mass is 9.99. The fraction of sp³-hybridized carbons (Fsp3) is 0.0741. The van der Waals surface area contributed by atoms with Crippen LogP contribution in [-0.4, -0.2) is 9.78 Å². The smallest absolute Gasteiger partial charge is 0.0702 e. The molecule has 0 aliphatic heterocycles. The van der Waals surface area contributed by atoms with Crippen molar-refractivity contribution in [2.75, 3.05) is 0 Å². The summed E-state index contributed by atoms with van der Waals surface area (Å²) in [5, 5.41) is 7.62. The van der Waals surface area contributed by atoms with Crippen molar-refractivity contribution in [3.8, 4) is 0 Å². The van der Waals surface area contributed by atoms with Crippen molar-refractivity contribution in [3.05, 3.63) is 141 Å². The average molecular weight is 406 g/mol. The molecule has 10 radical (unpaired) electrons. The normalized spacial score (nSPS) is 19.7. The number of hydrogen-bond acceptors (Lipinski definition) is 1. The molecule has 2 aliphatic rings. The van der Waals surface area contributed by atoms with E-state index < -0.39 is 7.92 Å². The fourth-order valence-electron chi connectivity index (χ4n) is 3.96. The molecule has 2 nitrogen and oxygen atoms in total. The molecule has 2 aliphatic carbocycles. The molecule has 1 heterocycles. The van der Waals surface area contributed by atoms with Crippen LogP contribution in [0.1, 0.15) is 18.7 Å². The van der Waals surface area contributed by atoms with Crippen LogP contribution < -0.4 is 10.6 Å². The van der Waals surface area contributed by atoms with Crippen LogP contribution in [0.25, 0.3) is 0 Å². The first-order valence-corrected chi connectivity index (χ1v) is 11.6. The molecular formula is C27H23N2P. The van der Waals surface area contributed by atoms with Gasteiger partial charge in [-0.3, -0.25) is 4.68 Å². The van der Waals surface area contributed by atoms with Gasteiger partial charge in [-0.15, -0.1) is 0 Å². The van der Waals surface area contributed by atoms with Gasteiger partial charge in [0.05, 0.1) is 11.7 Å². The van der Waals surface area contributed by atoms with Crippen LogP contribution in [0, 0.1) is 62.4 Å². The average Bonchev–Trinajstić information content (AvgIpc) is 3.56. The molecule has 3 heteroatoms. The van der Waals surface area contributed by atoms with Gasteiger partial charge in [0, 0.05) is 23.7 Å². The first-order chi connectivity index (χ1) is 14.8. The van der Waals surface area contributed by atoms with Crippen molar-refractivity contribution in [1.29, 1.82) is 0 Å².